The Morgan fingerprint density at radius 3 is 1.62 bits per heavy atom. The van der Waals surface area contributed by atoms with Crippen LogP contribution in [0.25, 0.3) is 0 Å². The first-order valence-electron chi connectivity index (χ1n) is 5.40. The molecule has 0 spiro atoms. The maximum Gasteiger partial charge on any atom is 0.00935 e. The van der Waals surface area contributed by atoms with Crippen molar-refractivity contribution in [2.75, 3.05) is 7.05 Å². The zero-order valence-corrected chi connectivity index (χ0v) is 9.69. The summed E-state index contributed by atoms with van der Waals surface area (Å²) < 4.78 is 0. The fourth-order valence-corrected chi connectivity index (χ4v) is 1.13. The maximum absolute atomic E-state index is 5.63. The molecule has 0 unspecified atom stereocenters. The van der Waals surface area contributed by atoms with E-state index in [-0.39, 0.29) is 0 Å². The molecular formula is C11H26N2. The summed E-state index contributed by atoms with van der Waals surface area (Å²) in [5, 5.41) is 3.10. The largest absolute Gasteiger partial charge is 0.328 e. The summed E-state index contributed by atoms with van der Waals surface area (Å²) in [6.45, 7) is 6.40. The van der Waals surface area contributed by atoms with Crippen molar-refractivity contribution in [2.45, 2.75) is 64.5 Å². The van der Waals surface area contributed by atoms with Gasteiger partial charge in [0.2, 0.25) is 0 Å². The molecule has 1 saturated carbocycles. The fraction of sp³-hybridized carbons (Fsp3) is 1.00. The van der Waals surface area contributed by atoms with Crippen molar-refractivity contribution >= 4 is 0 Å². The van der Waals surface area contributed by atoms with Gasteiger partial charge in [0.1, 0.15) is 0 Å². The third-order valence-corrected chi connectivity index (χ3v) is 2.40. The first-order valence-corrected chi connectivity index (χ1v) is 5.40. The second-order valence-electron chi connectivity index (χ2n) is 4.90. The molecule has 1 fully saturated rings. The van der Waals surface area contributed by atoms with Crippen molar-refractivity contribution in [3.05, 3.63) is 0 Å². The average Bonchev–Trinajstić information content (AvgIpc) is 2.06. The molecule has 3 N–H and O–H groups in total. The standard InChI is InChI=1S/C6H13N.C5H13N/c7-6-4-2-1-3-5-6;1-5(2,3)6-4/h6H,1-5,7H2;6H,1-4H3. The summed E-state index contributed by atoms with van der Waals surface area (Å²) >= 11 is 0. The molecule has 1 aliphatic carbocycles. The van der Waals surface area contributed by atoms with Gasteiger partial charge in [-0.1, -0.05) is 19.3 Å². The first-order chi connectivity index (χ1) is 5.95. The highest BCUT2D eigenvalue weighted by Gasteiger charge is 2.06. The monoisotopic (exact) mass is 186 g/mol. The Morgan fingerprint density at radius 2 is 1.46 bits per heavy atom. The van der Waals surface area contributed by atoms with E-state index in [4.69, 9.17) is 5.73 Å². The average molecular weight is 186 g/mol. The Balaban J connectivity index is 0.000000226. The van der Waals surface area contributed by atoms with Crippen LogP contribution in [0.3, 0.4) is 0 Å². The molecule has 0 aliphatic heterocycles. The lowest BCUT2D eigenvalue weighted by Gasteiger charge is -2.15. The van der Waals surface area contributed by atoms with Crippen molar-refractivity contribution < 1.29 is 0 Å². The highest BCUT2D eigenvalue weighted by molar-refractivity contribution is 4.66. The molecule has 2 heteroatoms. The van der Waals surface area contributed by atoms with Gasteiger partial charge in [0, 0.05) is 11.6 Å². The van der Waals surface area contributed by atoms with E-state index >= 15 is 0 Å². The van der Waals surface area contributed by atoms with Crippen LogP contribution in [0.4, 0.5) is 0 Å². The van der Waals surface area contributed by atoms with E-state index in [1.165, 1.54) is 32.1 Å². The SMILES string of the molecule is CNC(C)(C)C.NC1CCCCC1. The maximum atomic E-state index is 5.63. The third kappa shape index (κ3) is 9.84. The lowest BCUT2D eigenvalue weighted by atomic mass is 9.97. The van der Waals surface area contributed by atoms with Crippen molar-refractivity contribution in [1.82, 2.24) is 5.32 Å². The van der Waals surface area contributed by atoms with Gasteiger partial charge >= 0.3 is 0 Å². The molecule has 80 valence electrons. The predicted molar refractivity (Wildman–Crippen MR) is 59.9 cm³/mol. The van der Waals surface area contributed by atoms with Crippen molar-refractivity contribution in [1.29, 1.82) is 0 Å². The molecule has 0 atom stereocenters. The van der Waals surface area contributed by atoms with Crippen LogP contribution in [0.2, 0.25) is 0 Å². The van der Waals surface area contributed by atoms with Gasteiger partial charge < -0.3 is 11.1 Å². The van der Waals surface area contributed by atoms with Crippen LogP contribution in [0.5, 0.6) is 0 Å². The van der Waals surface area contributed by atoms with Gasteiger partial charge in [-0.25, -0.2) is 0 Å². The van der Waals surface area contributed by atoms with Crippen molar-refractivity contribution in [2.24, 2.45) is 5.73 Å². The summed E-state index contributed by atoms with van der Waals surface area (Å²) in [6.07, 6.45) is 6.66. The van der Waals surface area contributed by atoms with Gasteiger partial charge in [-0.15, -0.1) is 0 Å². The van der Waals surface area contributed by atoms with Crippen LogP contribution in [0.1, 0.15) is 52.9 Å². The molecule has 0 heterocycles. The van der Waals surface area contributed by atoms with Gasteiger partial charge in [-0.3, -0.25) is 0 Å². The summed E-state index contributed by atoms with van der Waals surface area (Å²) in [7, 11) is 1.96. The molecule has 0 saturated heterocycles. The summed E-state index contributed by atoms with van der Waals surface area (Å²) in [5.41, 5.74) is 5.93. The minimum atomic E-state index is 0.292. The summed E-state index contributed by atoms with van der Waals surface area (Å²) in [5.74, 6) is 0. The Labute approximate surface area is 83.3 Å². The van der Waals surface area contributed by atoms with Crippen LogP contribution < -0.4 is 11.1 Å². The number of nitrogens with two attached hydrogens (primary N) is 1. The van der Waals surface area contributed by atoms with Crippen LogP contribution in [0, 0.1) is 0 Å². The second kappa shape index (κ2) is 6.39. The van der Waals surface area contributed by atoms with Crippen molar-refractivity contribution in [3.63, 3.8) is 0 Å². The van der Waals surface area contributed by atoms with Gasteiger partial charge in [-0.05, 0) is 40.7 Å². The Hall–Kier alpha value is -0.0800. The second-order valence-corrected chi connectivity index (χ2v) is 4.90. The topological polar surface area (TPSA) is 38.0 Å². The zero-order valence-electron chi connectivity index (χ0n) is 9.69. The van der Waals surface area contributed by atoms with Gasteiger partial charge in [0.25, 0.3) is 0 Å². The van der Waals surface area contributed by atoms with E-state index in [9.17, 15) is 0 Å². The third-order valence-electron chi connectivity index (χ3n) is 2.40. The van der Waals surface area contributed by atoms with Crippen LogP contribution in [0.15, 0.2) is 0 Å². The van der Waals surface area contributed by atoms with Gasteiger partial charge in [0.05, 0.1) is 0 Å². The van der Waals surface area contributed by atoms with E-state index in [0.717, 1.165) is 0 Å². The molecule has 0 bridgehead atoms. The molecule has 2 nitrogen and oxygen atoms in total. The van der Waals surface area contributed by atoms with Crippen LogP contribution >= 0.6 is 0 Å². The number of hydrogen-bond donors (Lipinski definition) is 2. The van der Waals surface area contributed by atoms with E-state index in [0.29, 0.717) is 11.6 Å². The van der Waals surface area contributed by atoms with Crippen LogP contribution in [-0.4, -0.2) is 18.6 Å². The Morgan fingerprint density at radius 1 is 1.08 bits per heavy atom. The lowest BCUT2D eigenvalue weighted by Crippen LogP contribution is -2.31. The molecular weight excluding hydrogens is 160 g/mol. The minimum absolute atomic E-state index is 0.292. The van der Waals surface area contributed by atoms with E-state index < -0.39 is 0 Å². The molecule has 0 radical (unpaired) electrons. The minimum Gasteiger partial charge on any atom is -0.328 e. The molecule has 1 rings (SSSR count). The predicted octanol–water partition coefficient (Wildman–Crippen LogP) is 2.28. The number of rotatable bonds is 0. The quantitative estimate of drug-likeness (QED) is 0.609. The Bertz CT molecular complexity index is 110. The van der Waals surface area contributed by atoms with E-state index in [1.54, 1.807) is 0 Å². The number of nitrogens with one attached hydrogen (secondary N) is 1. The molecule has 1 aliphatic rings. The fourth-order valence-electron chi connectivity index (χ4n) is 1.13. The molecule has 0 amide bonds. The normalized spacial score (nSPS) is 19.2. The highest BCUT2D eigenvalue weighted by atomic mass is 14.9. The molecule has 0 aromatic carbocycles. The van der Waals surface area contributed by atoms with Crippen LogP contribution in [-0.2, 0) is 0 Å². The first kappa shape index (κ1) is 12.9. The summed E-state index contributed by atoms with van der Waals surface area (Å²) in [6, 6.07) is 0.536. The van der Waals surface area contributed by atoms with E-state index in [1.807, 2.05) is 7.05 Å². The number of hydrogen-bond acceptors (Lipinski definition) is 2. The van der Waals surface area contributed by atoms with Crippen molar-refractivity contribution in [3.8, 4) is 0 Å². The lowest BCUT2D eigenvalue weighted by molar-refractivity contribution is 0.441. The Kier molecular flexibility index (Phi) is 6.35. The smallest absolute Gasteiger partial charge is 0.00935 e. The van der Waals surface area contributed by atoms with Gasteiger partial charge in [0.15, 0.2) is 0 Å². The zero-order chi connectivity index (χ0) is 10.3. The van der Waals surface area contributed by atoms with E-state index in [2.05, 4.69) is 26.1 Å². The molecule has 13 heavy (non-hydrogen) atoms. The van der Waals surface area contributed by atoms with Gasteiger partial charge in [-0.2, -0.15) is 0 Å². The molecule has 0 aromatic rings. The summed E-state index contributed by atoms with van der Waals surface area (Å²) in [4.78, 5) is 0. The highest BCUT2D eigenvalue weighted by Crippen LogP contribution is 2.14. The molecule has 0 aromatic heterocycles.